The zero-order valence-electron chi connectivity index (χ0n) is 9.51. The third kappa shape index (κ3) is 3.10. The van der Waals surface area contributed by atoms with E-state index in [4.69, 9.17) is 5.11 Å². The fourth-order valence-electron chi connectivity index (χ4n) is 1.67. The normalized spacial score (nSPS) is 24.9. The third-order valence-corrected chi connectivity index (χ3v) is 2.49. The molecular formula is C10H18N2O4. The van der Waals surface area contributed by atoms with Crippen LogP contribution in [0.1, 0.15) is 20.3 Å². The predicted octanol–water partition coefficient (Wildman–Crippen LogP) is -0.128. The fourth-order valence-corrected chi connectivity index (χ4v) is 1.67. The van der Waals surface area contributed by atoms with Crippen LogP contribution in [0, 0.1) is 5.92 Å². The van der Waals surface area contributed by atoms with Gasteiger partial charge in [-0.25, -0.2) is 9.59 Å². The van der Waals surface area contributed by atoms with Crippen LogP contribution in [0.3, 0.4) is 0 Å². The quantitative estimate of drug-likeness (QED) is 0.630. The van der Waals surface area contributed by atoms with E-state index in [9.17, 15) is 14.7 Å². The van der Waals surface area contributed by atoms with Crippen LogP contribution in [-0.4, -0.2) is 52.3 Å². The molecular weight excluding hydrogens is 212 g/mol. The van der Waals surface area contributed by atoms with Gasteiger partial charge in [-0.2, -0.15) is 0 Å². The molecule has 1 fully saturated rings. The lowest BCUT2D eigenvalue weighted by Gasteiger charge is -2.22. The van der Waals surface area contributed by atoms with Crippen molar-refractivity contribution in [2.45, 2.75) is 32.4 Å². The Kier molecular flexibility index (Phi) is 4.12. The number of rotatable bonds is 3. The molecule has 0 bridgehead atoms. The summed E-state index contributed by atoms with van der Waals surface area (Å²) < 4.78 is 0. The number of urea groups is 1. The molecule has 0 aliphatic carbocycles. The van der Waals surface area contributed by atoms with Crippen LogP contribution in [-0.2, 0) is 4.79 Å². The SMILES string of the molecule is CC(C)CNC(=O)N1CC(O)C[C@H]1C(=O)O. The topological polar surface area (TPSA) is 89.9 Å². The first kappa shape index (κ1) is 12.8. The highest BCUT2D eigenvalue weighted by Crippen LogP contribution is 2.18. The summed E-state index contributed by atoms with van der Waals surface area (Å²) >= 11 is 0. The molecule has 0 aromatic rings. The van der Waals surface area contributed by atoms with Gasteiger partial charge < -0.3 is 20.4 Å². The number of carbonyl (C=O) groups is 2. The number of β-amino-alcohol motifs (C(OH)–C–C–N with tert-alkyl or cyclic N) is 1. The van der Waals surface area contributed by atoms with Crippen LogP contribution in [0.15, 0.2) is 0 Å². The lowest BCUT2D eigenvalue weighted by atomic mass is 10.2. The molecule has 1 rings (SSSR count). The van der Waals surface area contributed by atoms with Crippen LogP contribution in [0.25, 0.3) is 0 Å². The number of aliphatic carboxylic acids is 1. The number of aliphatic hydroxyl groups excluding tert-OH is 1. The molecule has 2 amide bonds. The van der Waals surface area contributed by atoms with Crippen molar-refractivity contribution in [3.63, 3.8) is 0 Å². The van der Waals surface area contributed by atoms with E-state index < -0.39 is 24.1 Å². The summed E-state index contributed by atoms with van der Waals surface area (Å²) in [6.07, 6.45) is -0.643. The third-order valence-electron chi connectivity index (χ3n) is 2.49. The smallest absolute Gasteiger partial charge is 0.326 e. The van der Waals surface area contributed by atoms with E-state index in [2.05, 4.69) is 5.32 Å². The Bertz CT molecular complexity index is 280. The second-order valence-corrected chi connectivity index (χ2v) is 4.48. The lowest BCUT2D eigenvalue weighted by molar-refractivity contribution is -0.141. The highest BCUT2D eigenvalue weighted by atomic mass is 16.4. The molecule has 0 spiro atoms. The van der Waals surface area contributed by atoms with Gasteiger partial charge in [0.2, 0.25) is 0 Å². The van der Waals surface area contributed by atoms with Crippen molar-refractivity contribution in [3.05, 3.63) is 0 Å². The summed E-state index contributed by atoms with van der Waals surface area (Å²) in [5.41, 5.74) is 0. The minimum absolute atomic E-state index is 0.0842. The molecule has 6 heteroatoms. The highest BCUT2D eigenvalue weighted by molar-refractivity contribution is 5.83. The van der Waals surface area contributed by atoms with Crippen LogP contribution in [0.4, 0.5) is 4.79 Å². The van der Waals surface area contributed by atoms with Crippen molar-refractivity contribution in [2.75, 3.05) is 13.1 Å². The molecule has 0 aromatic heterocycles. The maximum absolute atomic E-state index is 11.7. The Hall–Kier alpha value is -1.30. The van der Waals surface area contributed by atoms with E-state index >= 15 is 0 Å². The Morgan fingerprint density at radius 2 is 2.12 bits per heavy atom. The molecule has 1 heterocycles. The number of nitrogens with one attached hydrogen (secondary N) is 1. The van der Waals surface area contributed by atoms with Gasteiger partial charge in [0, 0.05) is 19.5 Å². The molecule has 92 valence electrons. The number of amides is 2. The first-order valence-electron chi connectivity index (χ1n) is 5.37. The lowest BCUT2D eigenvalue weighted by Crippen LogP contribution is -2.47. The van der Waals surface area contributed by atoms with Gasteiger partial charge in [-0.15, -0.1) is 0 Å². The number of likely N-dealkylation sites (tertiary alicyclic amines) is 1. The molecule has 0 radical (unpaired) electrons. The number of carboxylic acids is 1. The summed E-state index contributed by atoms with van der Waals surface area (Å²) in [5, 5.41) is 20.9. The minimum Gasteiger partial charge on any atom is -0.480 e. The standard InChI is InChI=1S/C10H18N2O4/c1-6(2)4-11-10(16)12-5-7(13)3-8(12)9(14)15/h6-8,13H,3-5H2,1-2H3,(H,11,16)(H,14,15)/t7?,8-/m0/s1. The number of carboxylic acid groups (broad SMARTS) is 1. The first-order valence-corrected chi connectivity index (χ1v) is 5.37. The summed E-state index contributed by atoms with van der Waals surface area (Å²) in [7, 11) is 0. The van der Waals surface area contributed by atoms with E-state index in [-0.39, 0.29) is 13.0 Å². The molecule has 1 unspecified atom stereocenters. The number of carbonyl (C=O) groups excluding carboxylic acids is 1. The van der Waals surface area contributed by atoms with Crippen molar-refractivity contribution in [2.24, 2.45) is 5.92 Å². The fraction of sp³-hybridized carbons (Fsp3) is 0.800. The van der Waals surface area contributed by atoms with Gasteiger partial charge in [-0.1, -0.05) is 13.8 Å². The van der Waals surface area contributed by atoms with Crippen molar-refractivity contribution in [3.8, 4) is 0 Å². The average Bonchev–Trinajstić information content (AvgIpc) is 2.56. The molecule has 6 nitrogen and oxygen atoms in total. The molecule has 16 heavy (non-hydrogen) atoms. The van der Waals surface area contributed by atoms with Crippen LogP contribution < -0.4 is 5.32 Å². The Morgan fingerprint density at radius 1 is 1.50 bits per heavy atom. The zero-order valence-corrected chi connectivity index (χ0v) is 9.51. The maximum atomic E-state index is 11.7. The van der Waals surface area contributed by atoms with E-state index in [1.807, 2.05) is 13.8 Å². The first-order chi connectivity index (χ1) is 7.41. The van der Waals surface area contributed by atoms with Crippen molar-refractivity contribution >= 4 is 12.0 Å². The second kappa shape index (κ2) is 5.16. The largest absolute Gasteiger partial charge is 0.480 e. The van der Waals surface area contributed by atoms with Crippen LogP contribution in [0.2, 0.25) is 0 Å². The molecule has 1 aliphatic heterocycles. The molecule has 2 atom stereocenters. The van der Waals surface area contributed by atoms with Gasteiger partial charge in [0.05, 0.1) is 6.10 Å². The van der Waals surface area contributed by atoms with Crippen LogP contribution in [0.5, 0.6) is 0 Å². The van der Waals surface area contributed by atoms with E-state index in [0.717, 1.165) is 0 Å². The van der Waals surface area contributed by atoms with E-state index in [1.165, 1.54) is 4.90 Å². The van der Waals surface area contributed by atoms with Gasteiger partial charge in [-0.05, 0) is 5.92 Å². The maximum Gasteiger partial charge on any atom is 0.326 e. The number of aliphatic hydroxyl groups is 1. The molecule has 0 saturated carbocycles. The predicted molar refractivity (Wildman–Crippen MR) is 57.0 cm³/mol. The van der Waals surface area contributed by atoms with Gasteiger partial charge in [-0.3, -0.25) is 0 Å². The second-order valence-electron chi connectivity index (χ2n) is 4.48. The van der Waals surface area contributed by atoms with Gasteiger partial charge in [0.1, 0.15) is 6.04 Å². The monoisotopic (exact) mass is 230 g/mol. The molecule has 1 aliphatic rings. The van der Waals surface area contributed by atoms with Gasteiger partial charge >= 0.3 is 12.0 Å². The van der Waals surface area contributed by atoms with Crippen molar-refractivity contribution < 1.29 is 19.8 Å². The van der Waals surface area contributed by atoms with Crippen molar-refractivity contribution in [1.29, 1.82) is 0 Å². The average molecular weight is 230 g/mol. The number of hydrogen-bond acceptors (Lipinski definition) is 3. The molecule has 1 saturated heterocycles. The van der Waals surface area contributed by atoms with Crippen LogP contribution >= 0.6 is 0 Å². The molecule has 0 aromatic carbocycles. The highest BCUT2D eigenvalue weighted by Gasteiger charge is 2.38. The summed E-state index contributed by atoms with van der Waals surface area (Å²) in [4.78, 5) is 23.7. The number of nitrogens with zero attached hydrogens (tertiary/aromatic N) is 1. The van der Waals surface area contributed by atoms with Gasteiger partial charge in [0.15, 0.2) is 0 Å². The van der Waals surface area contributed by atoms with E-state index in [1.54, 1.807) is 0 Å². The van der Waals surface area contributed by atoms with E-state index in [0.29, 0.717) is 12.5 Å². The minimum atomic E-state index is -1.07. The summed E-state index contributed by atoms with van der Waals surface area (Å²) in [6.45, 7) is 4.49. The van der Waals surface area contributed by atoms with Gasteiger partial charge in [0.25, 0.3) is 0 Å². The number of hydrogen-bond donors (Lipinski definition) is 3. The Morgan fingerprint density at radius 3 is 2.62 bits per heavy atom. The zero-order chi connectivity index (χ0) is 12.3. The summed E-state index contributed by atoms with van der Waals surface area (Å²) in [6, 6.07) is -1.33. The Labute approximate surface area is 94.2 Å². The van der Waals surface area contributed by atoms with Crippen molar-refractivity contribution in [1.82, 2.24) is 10.2 Å². The summed E-state index contributed by atoms with van der Waals surface area (Å²) in [5.74, 6) is -0.768. The Balaban J connectivity index is 2.56. The molecule has 3 N–H and O–H groups in total.